The van der Waals surface area contributed by atoms with Gasteiger partial charge in [0, 0.05) is 12.7 Å². The molecule has 1 rings (SSSR count). The zero-order chi connectivity index (χ0) is 13.5. The van der Waals surface area contributed by atoms with Crippen LogP contribution in [0, 0.1) is 0 Å². The first-order valence-corrected chi connectivity index (χ1v) is 5.58. The van der Waals surface area contributed by atoms with E-state index in [1.165, 1.54) is 11.1 Å². The lowest BCUT2D eigenvalue weighted by molar-refractivity contribution is -0.143. The van der Waals surface area contributed by atoms with Crippen molar-refractivity contribution in [3.63, 3.8) is 0 Å². The molecule has 7 nitrogen and oxygen atoms in total. The number of ether oxygens (including phenoxy) is 1. The van der Waals surface area contributed by atoms with Gasteiger partial charge >= 0.3 is 5.97 Å². The minimum Gasteiger partial charge on any atom is -0.465 e. The SMILES string of the molecule is CCOC(=O)CN(CC)C(=O)c1c[nH]c(=O)cn1. The highest BCUT2D eigenvalue weighted by Gasteiger charge is 2.18. The van der Waals surface area contributed by atoms with Gasteiger partial charge in [-0.2, -0.15) is 0 Å². The summed E-state index contributed by atoms with van der Waals surface area (Å²) in [6, 6.07) is 0. The highest BCUT2D eigenvalue weighted by molar-refractivity contribution is 5.93. The van der Waals surface area contributed by atoms with Gasteiger partial charge in [-0.05, 0) is 13.8 Å². The molecular weight excluding hydrogens is 238 g/mol. The number of carbonyl (C=O) groups is 2. The van der Waals surface area contributed by atoms with E-state index >= 15 is 0 Å². The van der Waals surface area contributed by atoms with Crippen LogP contribution in [0.1, 0.15) is 24.3 Å². The number of amides is 1. The molecule has 18 heavy (non-hydrogen) atoms. The first-order chi connectivity index (χ1) is 8.58. The fraction of sp³-hybridized carbons (Fsp3) is 0.455. The Labute approximate surface area is 104 Å². The molecule has 1 aromatic heterocycles. The lowest BCUT2D eigenvalue weighted by Crippen LogP contribution is -2.37. The Morgan fingerprint density at radius 1 is 1.44 bits per heavy atom. The van der Waals surface area contributed by atoms with E-state index in [2.05, 4.69) is 9.97 Å². The second kappa shape index (κ2) is 6.53. The van der Waals surface area contributed by atoms with E-state index in [1.807, 2.05) is 0 Å². The first kappa shape index (κ1) is 13.9. The molecule has 98 valence electrons. The Kier molecular flexibility index (Phi) is 5.04. The van der Waals surface area contributed by atoms with Gasteiger partial charge in [0.1, 0.15) is 12.2 Å². The van der Waals surface area contributed by atoms with E-state index in [0.717, 1.165) is 6.20 Å². The predicted octanol–water partition coefficient (Wildman–Crippen LogP) is -0.205. The molecule has 0 aliphatic rings. The van der Waals surface area contributed by atoms with E-state index in [-0.39, 0.29) is 24.4 Å². The molecule has 1 amide bonds. The minimum absolute atomic E-state index is 0.0840. The Morgan fingerprint density at radius 2 is 2.17 bits per heavy atom. The van der Waals surface area contributed by atoms with Crippen molar-refractivity contribution in [2.75, 3.05) is 19.7 Å². The van der Waals surface area contributed by atoms with Crippen LogP contribution >= 0.6 is 0 Å². The fourth-order valence-corrected chi connectivity index (χ4v) is 1.31. The molecular formula is C11H15N3O4. The number of nitrogens with zero attached hydrogens (tertiary/aromatic N) is 2. The van der Waals surface area contributed by atoms with Crippen LogP contribution in [0.25, 0.3) is 0 Å². The zero-order valence-corrected chi connectivity index (χ0v) is 10.3. The smallest absolute Gasteiger partial charge is 0.325 e. The van der Waals surface area contributed by atoms with Crippen LogP contribution in [0.3, 0.4) is 0 Å². The average molecular weight is 253 g/mol. The van der Waals surface area contributed by atoms with Gasteiger partial charge in [0.05, 0.1) is 12.8 Å². The van der Waals surface area contributed by atoms with Crippen molar-refractivity contribution >= 4 is 11.9 Å². The summed E-state index contributed by atoms with van der Waals surface area (Å²) in [5.74, 6) is -0.904. The van der Waals surface area contributed by atoms with Gasteiger partial charge < -0.3 is 14.6 Å². The topological polar surface area (TPSA) is 92.4 Å². The largest absolute Gasteiger partial charge is 0.465 e. The maximum Gasteiger partial charge on any atom is 0.325 e. The van der Waals surface area contributed by atoms with Crippen molar-refractivity contribution < 1.29 is 14.3 Å². The molecule has 0 unspecified atom stereocenters. The summed E-state index contributed by atoms with van der Waals surface area (Å²) in [5.41, 5.74) is -0.305. The third-order valence-electron chi connectivity index (χ3n) is 2.19. The van der Waals surface area contributed by atoms with Crippen molar-refractivity contribution in [3.05, 3.63) is 28.4 Å². The Hall–Kier alpha value is -2.18. The van der Waals surface area contributed by atoms with Gasteiger partial charge in [0.25, 0.3) is 11.5 Å². The molecule has 1 N–H and O–H groups in total. The van der Waals surface area contributed by atoms with Crippen molar-refractivity contribution in [1.82, 2.24) is 14.9 Å². The van der Waals surface area contributed by atoms with Gasteiger partial charge in [-0.3, -0.25) is 14.4 Å². The number of nitrogens with one attached hydrogen (secondary N) is 1. The number of rotatable bonds is 5. The summed E-state index contributed by atoms with van der Waals surface area (Å²) >= 11 is 0. The van der Waals surface area contributed by atoms with Crippen LogP contribution < -0.4 is 5.56 Å². The molecule has 0 aromatic carbocycles. The van der Waals surface area contributed by atoms with Gasteiger partial charge in [0.2, 0.25) is 0 Å². The molecule has 1 aromatic rings. The van der Waals surface area contributed by atoms with Gasteiger partial charge in [-0.1, -0.05) is 0 Å². The highest BCUT2D eigenvalue weighted by atomic mass is 16.5. The minimum atomic E-state index is -0.475. The van der Waals surface area contributed by atoms with Crippen LogP contribution in [-0.4, -0.2) is 46.4 Å². The third kappa shape index (κ3) is 3.69. The van der Waals surface area contributed by atoms with Gasteiger partial charge in [-0.15, -0.1) is 0 Å². The molecule has 0 aliphatic heterocycles. The average Bonchev–Trinajstić information content (AvgIpc) is 2.36. The highest BCUT2D eigenvalue weighted by Crippen LogP contribution is 1.99. The molecule has 1 heterocycles. The summed E-state index contributed by atoms with van der Waals surface area (Å²) in [7, 11) is 0. The van der Waals surface area contributed by atoms with Crippen molar-refractivity contribution in [1.29, 1.82) is 0 Å². The molecule has 0 bridgehead atoms. The van der Waals surface area contributed by atoms with Crippen molar-refractivity contribution in [3.8, 4) is 0 Å². The number of hydrogen-bond acceptors (Lipinski definition) is 5. The standard InChI is InChI=1S/C11H15N3O4/c1-3-14(7-10(16)18-4-2)11(17)8-5-13-9(15)6-12-8/h5-6H,3-4,7H2,1-2H3,(H,13,15). The van der Waals surface area contributed by atoms with Crippen LogP contribution in [0.15, 0.2) is 17.2 Å². The number of esters is 1. The summed E-state index contributed by atoms with van der Waals surface area (Å²) in [6.45, 7) is 3.91. The number of aromatic amines is 1. The monoisotopic (exact) mass is 253 g/mol. The van der Waals surface area contributed by atoms with Crippen LogP contribution in [0.4, 0.5) is 0 Å². The lowest BCUT2D eigenvalue weighted by atomic mass is 10.3. The fourth-order valence-electron chi connectivity index (χ4n) is 1.31. The molecule has 0 fully saturated rings. The van der Waals surface area contributed by atoms with E-state index in [0.29, 0.717) is 6.54 Å². The van der Waals surface area contributed by atoms with Gasteiger partial charge in [-0.25, -0.2) is 4.98 Å². The molecule has 0 aliphatic carbocycles. The zero-order valence-electron chi connectivity index (χ0n) is 10.3. The molecule has 0 spiro atoms. The predicted molar refractivity (Wildman–Crippen MR) is 63.1 cm³/mol. The summed E-state index contributed by atoms with van der Waals surface area (Å²) < 4.78 is 4.77. The number of likely N-dealkylation sites (N-methyl/N-ethyl adjacent to an activating group) is 1. The molecule has 0 saturated carbocycles. The quantitative estimate of drug-likeness (QED) is 0.733. The van der Waals surface area contributed by atoms with Crippen molar-refractivity contribution in [2.45, 2.75) is 13.8 Å². The number of H-pyrrole nitrogens is 1. The summed E-state index contributed by atoms with van der Waals surface area (Å²) in [6.07, 6.45) is 2.24. The lowest BCUT2D eigenvalue weighted by Gasteiger charge is -2.18. The Bertz CT molecular complexity index is 463. The Morgan fingerprint density at radius 3 is 2.67 bits per heavy atom. The Balaban J connectivity index is 2.76. The summed E-state index contributed by atoms with van der Waals surface area (Å²) in [4.78, 5) is 41.5. The van der Waals surface area contributed by atoms with Crippen LogP contribution in [-0.2, 0) is 9.53 Å². The van der Waals surface area contributed by atoms with E-state index in [1.54, 1.807) is 13.8 Å². The normalized spacial score (nSPS) is 9.89. The molecule has 0 atom stereocenters. The van der Waals surface area contributed by atoms with Crippen molar-refractivity contribution in [2.24, 2.45) is 0 Å². The second-order valence-electron chi connectivity index (χ2n) is 3.42. The summed E-state index contributed by atoms with van der Waals surface area (Å²) in [5, 5.41) is 0. The maximum atomic E-state index is 12.0. The molecule has 0 saturated heterocycles. The van der Waals surface area contributed by atoms with E-state index in [9.17, 15) is 14.4 Å². The third-order valence-corrected chi connectivity index (χ3v) is 2.19. The molecule has 0 radical (unpaired) electrons. The number of carbonyl (C=O) groups excluding carboxylic acids is 2. The van der Waals surface area contributed by atoms with Crippen LogP contribution in [0.2, 0.25) is 0 Å². The number of aromatic nitrogens is 2. The maximum absolute atomic E-state index is 12.0. The van der Waals surface area contributed by atoms with E-state index < -0.39 is 11.9 Å². The van der Waals surface area contributed by atoms with Crippen LogP contribution in [0.5, 0.6) is 0 Å². The second-order valence-corrected chi connectivity index (χ2v) is 3.42. The molecule has 7 heteroatoms. The first-order valence-electron chi connectivity index (χ1n) is 5.58. The van der Waals surface area contributed by atoms with E-state index in [4.69, 9.17) is 4.74 Å². The number of hydrogen-bond donors (Lipinski definition) is 1. The van der Waals surface area contributed by atoms with Gasteiger partial charge in [0.15, 0.2) is 0 Å².